The van der Waals surface area contributed by atoms with Crippen LogP contribution in [0.15, 0.2) is 42.6 Å². The van der Waals surface area contributed by atoms with E-state index in [1.807, 2.05) is 19.2 Å². The fourth-order valence-corrected chi connectivity index (χ4v) is 2.41. The van der Waals surface area contributed by atoms with E-state index in [4.69, 9.17) is 5.84 Å². The Labute approximate surface area is 121 Å². The van der Waals surface area contributed by atoms with E-state index >= 15 is 0 Å². The maximum Gasteiger partial charge on any atom is 0.0725 e. The molecule has 1 unspecified atom stereocenters. The van der Waals surface area contributed by atoms with Gasteiger partial charge in [-0.15, -0.1) is 0 Å². The molecule has 0 aliphatic rings. The average molecular weight is 269 g/mol. The number of aromatic nitrogens is 1. The lowest BCUT2D eigenvalue weighted by Crippen LogP contribution is -2.29. The first-order valence-corrected chi connectivity index (χ1v) is 7.07. The SMILES string of the molecule is Cc1ccc(C(NN)c2cccc(CC(C)C)c2)cn1. The van der Waals surface area contributed by atoms with Crippen molar-refractivity contribution < 1.29 is 0 Å². The minimum absolute atomic E-state index is 0.0183. The molecule has 0 spiro atoms. The van der Waals surface area contributed by atoms with Gasteiger partial charge in [-0.1, -0.05) is 44.2 Å². The summed E-state index contributed by atoms with van der Waals surface area (Å²) < 4.78 is 0. The number of nitrogens with zero attached hydrogens (tertiary/aromatic N) is 1. The molecule has 0 aliphatic heterocycles. The van der Waals surface area contributed by atoms with Gasteiger partial charge < -0.3 is 0 Å². The summed E-state index contributed by atoms with van der Waals surface area (Å²) in [6, 6.07) is 12.7. The Morgan fingerprint density at radius 3 is 2.55 bits per heavy atom. The van der Waals surface area contributed by atoms with Crippen LogP contribution in [0.4, 0.5) is 0 Å². The molecular formula is C17H23N3. The van der Waals surface area contributed by atoms with E-state index in [-0.39, 0.29) is 6.04 Å². The van der Waals surface area contributed by atoms with Crippen molar-refractivity contribution in [2.45, 2.75) is 33.2 Å². The molecule has 0 amide bonds. The Balaban J connectivity index is 2.29. The van der Waals surface area contributed by atoms with Crippen LogP contribution in [0.5, 0.6) is 0 Å². The van der Waals surface area contributed by atoms with Crippen LogP contribution in [0.25, 0.3) is 0 Å². The van der Waals surface area contributed by atoms with Crippen LogP contribution in [0, 0.1) is 12.8 Å². The molecule has 0 saturated heterocycles. The Morgan fingerprint density at radius 1 is 1.15 bits per heavy atom. The average Bonchev–Trinajstić information content (AvgIpc) is 2.41. The first kappa shape index (κ1) is 14.7. The zero-order valence-electron chi connectivity index (χ0n) is 12.4. The summed E-state index contributed by atoms with van der Waals surface area (Å²) in [5, 5.41) is 0. The Kier molecular flexibility index (Phi) is 4.88. The van der Waals surface area contributed by atoms with Gasteiger partial charge in [0, 0.05) is 11.9 Å². The van der Waals surface area contributed by atoms with Crippen molar-refractivity contribution in [3.63, 3.8) is 0 Å². The Morgan fingerprint density at radius 2 is 1.95 bits per heavy atom. The molecule has 1 atom stereocenters. The van der Waals surface area contributed by atoms with Gasteiger partial charge in [-0.2, -0.15) is 0 Å². The largest absolute Gasteiger partial charge is 0.271 e. The molecular weight excluding hydrogens is 246 g/mol. The summed E-state index contributed by atoms with van der Waals surface area (Å²) >= 11 is 0. The van der Waals surface area contributed by atoms with Crippen molar-refractivity contribution in [3.8, 4) is 0 Å². The summed E-state index contributed by atoms with van der Waals surface area (Å²) in [5.74, 6) is 6.40. The number of pyridine rings is 1. The van der Waals surface area contributed by atoms with Gasteiger partial charge in [0.1, 0.15) is 0 Å². The molecule has 106 valence electrons. The Bertz CT molecular complexity index is 546. The lowest BCUT2D eigenvalue weighted by atomic mass is 9.95. The molecule has 1 heterocycles. The summed E-state index contributed by atoms with van der Waals surface area (Å²) in [7, 11) is 0. The summed E-state index contributed by atoms with van der Waals surface area (Å²) in [4.78, 5) is 4.35. The van der Waals surface area contributed by atoms with Crippen molar-refractivity contribution >= 4 is 0 Å². The van der Waals surface area contributed by atoms with Gasteiger partial charge in [0.25, 0.3) is 0 Å². The van der Waals surface area contributed by atoms with Crippen LogP contribution in [0.2, 0.25) is 0 Å². The topological polar surface area (TPSA) is 50.9 Å². The number of rotatable bonds is 5. The first-order valence-electron chi connectivity index (χ1n) is 7.07. The molecule has 0 saturated carbocycles. The van der Waals surface area contributed by atoms with Crippen LogP contribution >= 0.6 is 0 Å². The number of hydrogen-bond donors (Lipinski definition) is 2. The number of nitrogens with two attached hydrogens (primary N) is 1. The van der Waals surface area contributed by atoms with Gasteiger partial charge in [-0.3, -0.25) is 10.8 Å². The second-order valence-electron chi connectivity index (χ2n) is 5.68. The molecule has 3 N–H and O–H groups in total. The molecule has 0 radical (unpaired) electrons. The van der Waals surface area contributed by atoms with Crippen LogP contribution in [-0.4, -0.2) is 4.98 Å². The fraction of sp³-hybridized carbons (Fsp3) is 0.353. The van der Waals surface area contributed by atoms with Crippen LogP contribution in [0.1, 0.15) is 42.3 Å². The van der Waals surface area contributed by atoms with Crippen molar-refractivity contribution in [3.05, 3.63) is 65.0 Å². The number of nitrogens with one attached hydrogen (secondary N) is 1. The van der Waals surface area contributed by atoms with E-state index in [2.05, 4.69) is 54.6 Å². The predicted molar refractivity (Wildman–Crippen MR) is 83.1 cm³/mol. The summed E-state index contributed by atoms with van der Waals surface area (Å²) in [5.41, 5.74) is 7.51. The van der Waals surface area contributed by atoms with E-state index < -0.39 is 0 Å². The van der Waals surface area contributed by atoms with Crippen LogP contribution < -0.4 is 11.3 Å². The molecule has 0 fully saturated rings. The van der Waals surface area contributed by atoms with Crippen molar-refractivity contribution in [2.24, 2.45) is 11.8 Å². The minimum Gasteiger partial charge on any atom is -0.271 e. The molecule has 0 aliphatic carbocycles. The molecule has 3 nitrogen and oxygen atoms in total. The zero-order valence-corrected chi connectivity index (χ0v) is 12.4. The quantitative estimate of drug-likeness (QED) is 0.647. The highest BCUT2D eigenvalue weighted by Crippen LogP contribution is 2.22. The van der Waals surface area contributed by atoms with Crippen LogP contribution in [-0.2, 0) is 6.42 Å². The van der Waals surface area contributed by atoms with E-state index in [0.29, 0.717) is 5.92 Å². The van der Waals surface area contributed by atoms with Gasteiger partial charge in [0.15, 0.2) is 0 Å². The molecule has 0 bridgehead atoms. The summed E-state index contributed by atoms with van der Waals surface area (Å²) in [6.07, 6.45) is 2.96. The zero-order chi connectivity index (χ0) is 14.5. The number of benzene rings is 1. The van der Waals surface area contributed by atoms with Gasteiger partial charge in [0.2, 0.25) is 0 Å². The van der Waals surface area contributed by atoms with Crippen molar-refractivity contribution in [1.29, 1.82) is 0 Å². The van der Waals surface area contributed by atoms with Gasteiger partial charge in [-0.25, -0.2) is 5.43 Å². The monoisotopic (exact) mass is 269 g/mol. The van der Waals surface area contributed by atoms with Gasteiger partial charge >= 0.3 is 0 Å². The normalized spacial score (nSPS) is 12.7. The standard InChI is InChI=1S/C17H23N3/c1-12(2)9-14-5-4-6-15(10-14)17(20-18)16-8-7-13(3)19-11-16/h4-8,10-12,17,20H,9,18H2,1-3H3. The first-order chi connectivity index (χ1) is 9.60. The number of hydrazine groups is 1. The van der Waals surface area contributed by atoms with E-state index in [0.717, 1.165) is 17.7 Å². The molecule has 2 aromatic rings. The maximum atomic E-state index is 5.75. The molecule has 1 aromatic carbocycles. The highest BCUT2D eigenvalue weighted by Gasteiger charge is 2.13. The second kappa shape index (κ2) is 6.64. The van der Waals surface area contributed by atoms with Gasteiger partial charge in [0.05, 0.1) is 6.04 Å². The second-order valence-corrected chi connectivity index (χ2v) is 5.68. The number of aryl methyl sites for hydroxylation is 1. The maximum absolute atomic E-state index is 5.75. The molecule has 2 rings (SSSR count). The third-order valence-electron chi connectivity index (χ3n) is 3.36. The molecule has 20 heavy (non-hydrogen) atoms. The fourth-order valence-electron chi connectivity index (χ4n) is 2.41. The molecule has 3 heteroatoms. The highest BCUT2D eigenvalue weighted by atomic mass is 15.2. The summed E-state index contributed by atoms with van der Waals surface area (Å²) in [6.45, 7) is 6.45. The number of hydrogen-bond acceptors (Lipinski definition) is 3. The smallest absolute Gasteiger partial charge is 0.0725 e. The highest BCUT2D eigenvalue weighted by molar-refractivity contribution is 5.33. The molecule has 1 aromatic heterocycles. The van der Waals surface area contributed by atoms with E-state index in [1.54, 1.807) is 0 Å². The third-order valence-corrected chi connectivity index (χ3v) is 3.36. The van der Waals surface area contributed by atoms with Crippen molar-refractivity contribution in [2.75, 3.05) is 0 Å². The van der Waals surface area contributed by atoms with E-state index in [1.165, 1.54) is 11.1 Å². The Hall–Kier alpha value is -1.71. The third kappa shape index (κ3) is 3.65. The van der Waals surface area contributed by atoms with Gasteiger partial charge in [-0.05, 0) is 42.0 Å². The predicted octanol–water partition coefficient (Wildman–Crippen LogP) is 3.14. The van der Waals surface area contributed by atoms with E-state index in [9.17, 15) is 0 Å². The lowest BCUT2D eigenvalue weighted by Gasteiger charge is -2.18. The lowest BCUT2D eigenvalue weighted by molar-refractivity contribution is 0.626. The van der Waals surface area contributed by atoms with Crippen molar-refractivity contribution in [1.82, 2.24) is 10.4 Å². The van der Waals surface area contributed by atoms with Crippen LogP contribution in [0.3, 0.4) is 0 Å². The minimum atomic E-state index is -0.0183.